The van der Waals surface area contributed by atoms with Crippen LogP contribution in [0, 0.1) is 13.8 Å². The number of rotatable bonds is 8. The number of benzene rings is 1. The molecular formula is C26H31N3O5S. The number of thiophene rings is 1. The van der Waals surface area contributed by atoms with E-state index < -0.39 is 17.5 Å². The van der Waals surface area contributed by atoms with Gasteiger partial charge in [0.25, 0.3) is 5.56 Å². The van der Waals surface area contributed by atoms with E-state index in [2.05, 4.69) is 10.1 Å². The molecule has 0 radical (unpaired) electrons. The summed E-state index contributed by atoms with van der Waals surface area (Å²) in [4.78, 5) is 43.5. The number of nitrogens with zero attached hydrogens (tertiary/aromatic N) is 2. The Morgan fingerprint density at radius 2 is 1.83 bits per heavy atom. The minimum Gasteiger partial charge on any atom is -0.462 e. The van der Waals surface area contributed by atoms with E-state index in [4.69, 9.17) is 9.47 Å². The van der Waals surface area contributed by atoms with E-state index in [0.717, 1.165) is 24.2 Å². The van der Waals surface area contributed by atoms with Gasteiger partial charge < -0.3 is 9.47 Å². The van der Waals surface area contributed by atoms with Crippen molar-refractivity contribution in [3.63, 3.8) is 0 Å². The number of ether oxygens (including phenoxy) is 2. The van der Waals surface area contributed by atoms with Crippen molar-refractivity contribution in [1.29, 1.82) is 0 Å². The molecule has 0 spiro atoms. The van der Waals surface area contributed by atoms with Crippen LogP contribution in [0.1, 0.15) is 77.4 Å². The van der Waals surface area contributed by atoms with Gasteiger partial charge in [-0.15, -0.1) is 11.3 Å². The maximum atomic E-state index is 13.0. The van der Waals surface area contributed by atoms with Gasteiger partial charge in [0.2, 0.25) is 0 Å². The van der Waals surface area contributed by atoms with Crippen LogP contribution in [0.3, 0.4) is 0 Å². The molecule has 0 atom stereocenters. The van der Waals surface area contributed by atoms with Gasteiger partial charge in [0, 0.05) is 11.9 Å². The maximum Gasteiger partial charge on any atom is 0.349 e. The molecule has 35 heavy (non-hydrogen) atoms. The lowest BCUT2D eigenvalue weighted by molar-refractivity contribution is 0.00745. The van der Waals surface area contributed by atoms with Crippen LogP contribution in [0.15, 0.2) is 40.1 Å². The minimum absolute atomic E-state index is 0.208. The fourth-order valence-electron chi connectivity index (χ4n) is 3.32. The molecule has 0 bridgehead atoms. The number of aromatic nitrogens is 2. The highest BCUT2D eigenvalue weighted by molar-refractivity contribution is 7.18. The summed E-state index contributed by atoms with van der Waals surface area (Å²) in [7, 11) is 0. The van der Waals surface area contributed by atoms with Gasteiger partial charge in [0.15, 0.2) is 0 Å². The Balaban J connectivity index is 2.03. The van der Waals surface area contributed by atoms with E-state index in [1.807, 2.05) is 37.3 Å². The van der Waals surface area contributed by atoms with Crippen molar-refractivity contribution >= 4 is 34.5 Å². The monoisotopic (exact) mass is 497 g/mol. The third-order valence-electron chi connectivity index (χ3n) is 5.09. The van der Waals surface area contributed by atoms with Crippen LogP contribution in [-0.2, 0) is 9.47 Å². The highest BCUT2D eigenvalue weighted by atomic mass is 32.1. The zero-order valence-electron chi connectivity index (χ0n) is 20.9. The summed E-state index contributed by atoms with van der Waals surface area (Å²) in [5.74, 6) is -1.09. The summed E-state index contributed by atoms with van der Waals surface area (Å²) in [5.41, 5.74) is 1.36. The molecular weight excluding hydrogens is 466 g/mol. The fourth-order valence-corrected chi connectivity index (χ4v) is 4.34. The largest absolute Gasteiger partial charge is 0.462 e. The van der Waals surface area contributed by atoms with Gasteiger partial charge in [-0.3, -0.25) is 9.89 Å². The van der Waals surface area contributed by atoms with Crippen molar-refractivity contribution in [2.45, 2.75) is 60.0 Å². The third-order valence-corrected chi connectivity index (χ3v) is 6.27. The number of carbonyl (C=O) groups is 2. The number of aryl methyl sites for hydroxylation is 1. The van der Waals surface area contributed by atoms with E-state index in [1.54, 1.807) is 34.6 Å². The Bertz CT molecular complexity index is 1290. The van der Waals surface area contributed by atoms with Gasteiger partial charge >= 0.3 is 11.9 Å². The van der Waals surface area contributed by atoms with Gasteiger partial charge in [0.1, 0.15) is 21.0 Å². The predicted octanol–water partition coefficient (Wildman–Crippen LogP) is 5.51. The number of nitrogens with one attached hydrogen (secondary N) is 1. The molecule has 0 saturated carbocycles. The molecule has 1 N–H and O–H groups in total. The van der Waals surface area contributed by atoms with E-state index >= 15 is 0 Å². The first-order valence-corrected chi connectivity index (χ1v) is 12.3. The lowest BCUT2D eigenvalue weighted by Gasteiger charge is -2.19. The molecule has 1 aromatic carbocycles. The summed E-state index contributed by atoms with van der Waals surface area (Å²) in [5, 5.41) is 3.34. The lowest BCUT2D eigenvalue weighted by atomic mass is 10.1. The first-order chi connectivity index (χ1) is 16.5. The number of H-pyrrole nitrogens is 1. The van der Waals surface area contributed by atoms with Crippen LogP contribution in [0.4, 0.5) is 5.00 Å². The first kappa shape index (κ1) is 26.2. The molecule has 0 aliphatic rings. The summed E-state index contributed by atoms with van der Waals surface area (Å²) in [6.07, 6.45) is 3.03. The van der Waals surface area contributed by atoms with Crippen molar-refractivity contribution in [3.8, 4) is 5.69 Å². The normalized spacial score (nSPS) is 11.7. The Labute approximate surface area is 208 Å². The summed E-state index contributed by atoms with van der Waals surface area (Å²) < 4.78 is 12.4. The van der Waals surface area contributed by atoms with Crippen molar-refractivity contribution in [3.05, 3.63) is 67.9 Å². The smallest absolute Gasteiger partial charge is 0.349 e. The highest BCUT2D eigenvalue weighted by Crippen LogP contribution is 2.37. The molecule has 2 aromatic heterocycles. The average molecular weight is 498 g/mol. The second-order valence-corrected chi connectivity index (χ2v) is 10.1. The molecule has 0 saturated heterocycles. The molecule has 186 valence electrons. The second kappa shape index (κ2) is 10.9. The van der Waals surface area contributed by atoms with Crippen LogP contribution in [0.5, 0.6) is 0 Å². The quantitative estimate of drug-likeness (QED) is 0.251. The standard InChI is InChI=1S/C26H31N3O5S/c1-7-8-14-33-24(31)20-16(2)21(25(32)34-26(4,5)6)35-22(20)27-15-19-17(3)28-29(23(19)30)18-12-10-9-11-13-18/h9-13,15,28H,7-8,14H2,1-6H3/b27-15+. The number of hydrogen-bond acceptors (Lipinski definition) is 7. The van der Waals surface area contributed by atoms with Crippen LogP contribution in [0.25, 0.3) is 5.69 Å². The van der Waals surface area contributed by atoms with Crippen molar-refractivity contribution in [1.82, 2.24) is 9.78 Å². The first-order valence-electron chi connectivity index (χ1n) is 11.5. The molecule has 0 aliphatic carbocycles. The molecule has 0 fully saturated rings. The molecule has 0 aliphatic heterocycles. The molecule has 3 aromatic rings. The summed E-state index contributed by atoms with van der Waals surface area (Å²) in [6.45, 7) is 11.1. The summed E-state index contributed by atoms with van der Waals surface area (Å²) in [6, 6.07) is 9.19. The number of aromatic amines is 1. The Morgan fingerprint density at radius 1 is 1.14 bits per heavy atom. The van der Waals surface area contributed by atoms with Crippen LogP contribution in [-0.4, -0.2) is 40.1 Å². The number of hydrogen-bond donors (Lipinski definition) is 1. The number of unbranched alkanes of at least 4 members (excludes halogenated alkanes) is 1. The van der Waals surface area contributed by atoms with Gasteiger partial charge in [-0.25, -0.2) is 19.3 Å². The van der Waals surface area contributed by atoms with Gasteiger partial charge in [-0.05, 0) is 58.7 Å². The SMILES string of the molecule is CCCCOC(=O)c1c(/N=C/c2c(C)[nH]n(-c3ccccc3)c2=O)sc(C(=O)OC(C)(C)C)c1C. The van der Waals surface area contributed by atoms with Crippen LogP contribution >= 0.6 is 11.3 Å². The molecule has 8 nitrogen and oxygen atoms in total. The van der Waals surface area contributed by atoms with Crippen molar-refractivity contribution in [2.75, 3.05) is 6.61 Å². The third kappa shape index (κ3) is 6.16. The van der Waals surface area contributed by atoms with Crippen molar-refractivity contribution in [2.24, 2.45) is 4.99 Å². The minimum atomic E-state index is -0.691. The average Bonchev–Trinajstić information content (AvgIpc) is 3.27. The molecule has 9 heteroatoms. The Kier molecular flexibility index (Phi) is 8.11. The Morgan fingerprint density at radius 3 is 2.46 bits per heavy atom. The number of carbonyl (C=O) groups excluding carboxylic acids is 2. The number of aliphatic imine (C=N–C) groups is 1. The summed E-state index contributed by atoms with van der Waals surface area (Å²) >= 11 is 1.04. The second-order valence-electron chi connectivity index (χ2n) is 9.11. The molecule has 0 unspecified atom stereocenters. The van der Waals surface area contributed by atoms with E-state index in [9.17, 15) is 14.4 Å². The van der Waals surface area contributed by atoms with Crippen molar-refractivity contribution < 1.29 is 19.1 Å². The van der Waals surface area contributed by atoms with E-state index in [0.29, 0.717) is 22.5 Å². The molecule has 3 rings (SSSR count). The highest BCUT2D eigenvalue weighted by Gasteiger charge is 2.28. The predicted molar refractivity (Wildman–Crippen MR) is 138 cm³/mol. The topological polar surface area (TPSA) is 103 Å². The number of para-hydroxylation sites is 1. The zero-order chi connectivity index (χ0) is 25.8. The number of esters is 2. The van der Waals surface area contributed by atoms with Crippen LogP contribution in [0.2, 0.25) is 0 Å². The fraction of sp³-hybridized carbons (Fsp3) is 0.385. The molecule has 2 heterocycles. The van der Waals surface area contributed by atoms with Gasteiger partial charge in [0.05, 0.1) is 17.9 Å². The lowest BCUT2D eigenvalue weighted by Crippen LogP contribution is -2.23. The van der Waals surface area contributed by atoms with Gasteiger partial charge in [-0.2, -0.15) is 0 Å². The maximum absolute atomic E-state index is 13.0. The Hall–Kier alpha value is -3.46. The van der Waals surface area contributed by atoms with Gasteiger partial charge in [-0.1, -0.05) is 31.5 Å². The zero-order valence-corrected chi connectivity index (χ0v) is 21.7. The van der Waals surface area contributed by atoms with Crippen LogP contribution < -0.4 is 5.56 Å². The van der Waals surface area contributed by atoms with E-state index in [-0.39, 0.29) is 27.6 Å². The van der Waals surface area contributed by atoms with E-state index in [1.165, 1.54) is 10.9 Å². The molecule has 0 amide bonds.